The summed E-state index contributed by atoms with van der Waals surface area (Å²) in [7, 11) is 1.39. The number of piperidine rings is 1. The summed E-state index contributed by atoms with van der Waals surface area (Å²) >= 11 is 0. The lowest BCUT2D eigenvalue weighted by Gasteiger charge is -2.42. The van der Waals surface area contributed by atoms with Gasteiger partial charge in [0.25, 0.3) is 0 Å². The Morgan fingerprint density at radius 1 is 1.15 bits per heavy atom. The molecule has 1 saturated heterocycles. The zero-order valence-electron chi connectivity index (χ0n) is 24.2. The van der Waals surface area contributed by atoms with Crippen LogP contribution in [0.1, 0.15) is 58.7 Å². The minimum atomic E-state index is -0.537. The molecule has 0 spiro atoms. The van der Waals surface area contributed by atoms with Crippen molar-refractivity contribution in [1.29, 1.82) is 0 Å². The van der Waals surface area contributed by atoms with E-state index < -0.39 is 11.4 Å². The zero-order valence-corrected chi connectivity index (χ0v) is 24.2. The van der Waals surface area contributed by atoms with Gasteiger partial charge in [-0.25, -0.2) is 18.9 Å². The van der Waals surface area contributed by atoms with Gasteiger partial charge in [-0.2, -0.15) is 10.2 Å². The molecule has 2 aliphatic rings. The monoisotopic (exact) mass is 554 g/mol. The van der Waals surface area contributed by atoms with Crippen LogP contribution in [0.3, 0.4) is 0 Å². The fourth-order valence-electron chi connectivity index (χ4n) is 5.97. The second-order valence-corrected chi connectivity index (χ2v) is 11.9. The van der Waals surface area contributed by atoms with Gasteiger partial charge in [0.15, 0.2) is 5.82 Å². The molecular formula is C29H39FN6O4. The van der Waals surface area contributed by atoms with E-state index in [1.54, 1.807) is 10.9 Å². The summed E-state index contributed by atoms with van der Waals surface area (Å²) < 4.78 is 34.6. The lowest BCUT2D eigenvalue weighted by molar-refractivity contribution is -0.00864. The van der Waals surface area contributed by atoms with E-state index in [1.165, 1.54) is 13.2 Å². The summed E-state index contributed by atoms with van der Waals surface area (Å²) in [5.74, 6) is -0.218. The number of carbonyl (C=O) groups is 1. The standard InChI is InChI=1S/C29H39FN6O4/c1-18-11-20(12-19(2)35(18)28(37)40-29(3,4)5)16-34-17-21(14-32-34)26-23-7-9-39-10-8-25(23)36(33-26)22-13-24(30)27(38-6)31-15-22/h13-15,17-20H,7-12,16H2,1-6H3/t18-,19+,20?. The van der Waals surface area contributed by atoms with Crippen LogP contribution in [0.5, 0.6) is 5.88 Å². The molecule has 10 nitrogen and oxygen atoms in total. The first-order chi connectivity index (χ1) is 19.0. The molecular weight excluding hydrogens is 515 g/mol. The van der Waals surface area contributed by atoms with E-state index in [0.717, 1.165) is 41.9 Å². The van der Waals surface area contributed by atoms with E-state index in [-0.39, 0.29) is 24.1 Å². The van der Waals surface area contributed by atoms with E-state index in [2.05, 4.69) is 23.9 Å². The lowest BCUT2D eigenvalue weighted by atomic mass is 9.87. The predicted octanol–water partition coefficient (Wildman–Crippen LogP) is 4.82. The molecule has 40 heavy (non-hydrogen) atoms. The first-order valence-corrected chi connectivity index (χ1v) is 14.0. The Bertz CT molecular complexity index is 1350. The number of ether oxygens (including phenoxy) is 3. The average Bonchev–Trinajstić information content (AvgIpc) is 3.39. The first-order valence-electron chi connectivity index (χ1n) is 14.0. The van der Waals surface area contributed by atoms with Crippen LogP contribution in [0.4, 0.5) is 9.18 Å². The lowest BCUT2D eigenvalue weighted by Crippen LogP contribution is -2.51. The van der Waals surface area contributed by atoms with Crippen LogP contribution in [0, 0.1) is 11.7 Å². The first kappa shape index (κ1) is 28.1. The maximum atomic E-state index is 14.5. The van der Waals surface area contributed by atoms with Gasteiger partial charge in [0, 0.05) is 48.4 Å². The molecule has 1 amide bonds. The molecule has 0 aromatic carbocycles. The molecule has 216 valence electrons. The normalized spacial score (nSPS) is 21.6. The molecule has 3 aromatic rings. The van der Waals surface area contributed by atoms with Crippen molar-refractivity contribution in [2.75, 3.05) is 20.3 Å². The smallest absolute Gasteiger partial charge is 0.410 e. The Labute approximate surface area is 234 Å². The minimum Gasteiger partial charge on any atom is -0.479 e. The van der Waals surface area contributed by atoms with Crippen LogP contribution in [0.15, 0.2) is 24.7 Å². The molecule has 0 bridgehead atoms. The minimum absolute atomic E-state index is 0.0487. The van der Waals surface area contributed by atoms with Gasteiger partial charge in [0.2, 0.25) is 5.88 Å². The molecule has 0 saturated carbocycles. The van der Waals surface area contributed by atoms with Gasteiger partial charge in [0.1, 0.15) is 5.60 Å². The Kier molecular flexibility index (Phi) is 7.85. The van der Waals surface area contributed by atoms with Crippen LogP contribution in [0.2, 0.25) is 0 Å². The number of methoxy groups -OCH3 is 1. The van der Waals surface area contributed by atoms with E-state index in [4.69, 9.17) is 19.3 Å². The van der Waals surface area contributed by atoms with Crippen molar-refractivity contribution in [2.45, 2.75) is 84.5 Å². The largest absolute Gasteiger partial charge is 0.479 e. The molecule has 5 rings (SSSR count). The molecule has 2 aliphatic heterocycles. The van der Waals surface area contributed by atoms with Crippen molar-refractivity contribution in [3.05, 3.63) is 41.7 Å². The van der Waals surface area contributed by atoms with Gasteiger partial charge >= 0.3 is 6.09 Å². The molecule has 5 heterocycles. The number of amides is 1. The number of pyridine rings is 1. The topological polar surface area (TPSA) is 96.5 Å². The number of hydrogen-bond acceptors (Lipinski definition) is 7. The number of carbonyl (C=O) groups excluding carboxylic acids is 1. The molecule has 3 atom stereocenters. The van der Waals surface area contributed by atoms with Gasteiger partial charge in [0.05, 0.1) is 49.8 Å². The molecule has 0 radical (unpaired) electrons. The number of aromatic nitrogens is 5. The van der Waals surface area contributed by atoms with Gasteiger partial charge in [-0.1, -0.05) is 0 Å². The molecule has 1 unspecified atom stereocenters. The van der Waals surface area contributed by atoms with Crippen LogP contribution >= 0.6 is 0 Å². The van der Waals surface area contributed by atoms with Crippen molar-refractivity contribution < 1.29 is 23.4 Å². The third-order valence-corrected chi connectivity index (χ3v) is 7.56. The summed E-state index contributed by atoms with van der Waals surface area (Å²) in [6.07, 6.45) is 8.30. The second kappa shape index (κ2) is 11.2. The molecule has 0 aliphatic carbocycles. The highest BCUT2D eigenvalue weighted by atomic mass is 19.1. The highest BCUT2D eigenvalue weighted by Gasteiger charge is 2.36. The summed E-state index contributed by atoms with van der Waals surface area (Å²) in [5, 5.41) is 9.59. The Hall–Kier alpha value is -3.47. The number of halogens is 1. The third kappa shape index (κ3) is 5.84. The summed E-state index contributed by atoms with van der Waals surface area (Å²) in [6.45, 7) is 11.8. The van der Waals surface area contributed by atoms with E-state index in [1.807, 2.05) is 42.7 Å². The Balaban J connectivity index is 1.36. The summed E-state index contributed by atoms with van der Waals surface area (Å²) in [4.78, 5) is 18.8. The maximum absolute atomic E-state index is 14.5. The second-order valence-electron chi connectivity index (χ2n) is 11.9. The number of likely N-dealkylation sites (tertiary alicyclic amines) is 1. The quantitative estimate of drug-likeness (QED) is 0.446. The number of nitrogens with zero attached hydrogens (tertiary/aromatic N) is 6. The Morgan fingerprint density at radius 2 is 1.88 bits per heavy atom. The molecule has 3 aromatic heterocycles. The predicted molar refractivity (Wildman–Crippen MR) is 147 cm³/mol. The third-order valence-electron chi connectivity index (χ3n) is 7.56. The summed E-state index contributed by atoms with van der Waals surface area (Å²) in [5.41, 5.74) is 3.82. The highest BCUT2D eigenvalue weighted by molar-refractivity contribution is 5.69. The fourth-order valence-corrected chi connectivity index (χ4v) is 5.97. The van der Waals surface area contributed by atoms with Crippen molar-refractivity contribution in [3.63, 3.8) is 0 Å². The fraction of sp³-hybridized carbons (Fsp3) is 0.586. The van der Waals surface area contributed by atoms with Crippen molar-refractivity contribution in [1.82, 2.24) is 29.4 Å². The van der Waals surface area contributed by atoms with E-state index in [0.29, 0.717) is 37.7 Å². The number of hydrogen-bond donors (Lipinski definition) is 0. The molecule has 11 heteroatoms. The number of rotatable bonds is 5. The van der Waals surface area contributed by atoms with E-state index in [9.17, 15) is 9.18 Å². The van der Waals surface area contributed by atoms with Gasteiger partial charge in [-0.05, 0) is 59.8 Å². The van der Waals surface area contributed by atoms with Crippen LogP contribution in [-0.4, -0.2) is 73.5 Å². The van der Waals surface area contributed by atoms with Crippen LogP contribution < -0.4 is 4.74 Å². The van der Waals surface area contributed by atoms with Crippen molar-refractivity contribution >= 4 is 6.09 Å². The maximum Gasteiger partial charge on any atom is 0.410 e. The summed E-state index contributed by atoms with van der Waals surface area (Å²) in [6, 6.07) is 1.54. The highest BCUT2D eigenvalue weighted by Crippen LogP contribution is 2.33. The average molecular weight is 555 g/mol. The van der Waals surface area contributed by atoms with Crippen LogP contribution in [-0.2, 0) is 28.9 Å². The van der Waals surface area contributed by atoms with Gasteiger partial charge in [-0.15, -0.1) is 0 Å². The van der Waals surface area contributed by atoms with Gasteiger partial charge < -0.3 is 19.1 Å². The van der Waals surface area contributed by atoms with Crippen LogP contribution in [0.25, 0.3) is 16.9 Å². The van der Waals surface area contributed by atoms with Crippen molar-refractivity contribution in [3.8, 4) is 22.8 Å². The van der Waals surface area contributed by atoms with E-state index >= 15 is 0 Å². The van der Waals surface area contributed by atoms with Gasteiger partial charge in [-0.3, -0.25) is 4.68 Å². The zero-order chi connectivity index (χ0) is 28.6. The molecule has 0 N–H and O–H groups in total. The SMILES string of the molecule is COc1ncc(-n2nc(-c3cnn(CC4C[C@@H](C)N(C(=O)OC(C)(C)C)[C@@H](C)C4)c3)c3c2CCOCC3)cc1F. The number of fused-ring (bicyclic) bond motifs is 1. The Morgan fingerprint density at radius 3 is 2.55 bits per heavy atom. The van der Waals surface area contributed by atoms with Crippen molar-refractivity contribution in [2.24, 2.45) is 5.92 Å². The molecule has 1 fully saturated rings.